The molecule has 0 saturated carbocycles. The summed E-state index contributed by atoms with van der Waals surface area (Å²) in [7, 11) is 0. The average molecular weight is 225 g/mol. The molecule has 1 fully saturated rings. The van der Waals surface area contributed by atoms with Gasteiger partial charge in [0.1, 0.15) is 0 Å². The molecule has 3 nitrogen and oxygen atoms in total. The fourth-order valence-corrected chi connectivity index (χ4v) is 2.21. The number of hydrogen-bond acceptors (Lipinski definition) is 4. The maximum Gasteiger partial charge on any atom is 0.0996 e. The molecule has 1 saturated heterocycles. The zero-order chi connectivity index (χ0) is 10.7. The van der Waals surface area contributed by atoms with Gasteiger partial charge in [0.2, 0.25) is 0 Å². The summed E-state index contributed by atoms with van der Waals surface area (Å²) < 4.78 is 5.20. The lowest BCUT2D eigenvalue weighted by atomic mass is 10.2. The smallest absolute Gasteiger partial charge is 0.0996 e. The van der Waals surface area contributed by atoms with Crippen LogP contribution in [0, 0.1) is 0 Å². The van der Waals surface area contributed by atoms with E-state index < -0.39 is 6.10 Å². The number of nitrogens with one attached hydrogen (secondary N) is 1. The first-order valence-corrected chi connectivity index (χ1v) is 6.19. The zero-order valence-electron chi connectivity index (χ0n) is 8.64. The first kappa shape index (κ1) is 10.8. The van der Waals surface area contributed by atoms with E-state index in [1.165, 1.54) is 4.90 Å². The minimum atomic E-state index is -0.403. The average Bonchev–Trinajstić information content (AvgIpc) is 2.65. The summed E-state index contributed by atoms with van der Waals surface area (Å²) in [6.07, 6.45) is 1.64. The van der Waals surface area contributed by atoms with Crippen molar-refractivity contribution < 1.29 is 9.84 Å². The predicted molar refractivity (Wildman–Crippen MR) is 62.5 cm³/mol. The fraction of sp³-hybridized carbons (Fsp3) is 0.455. The molecule has 82 valence electrons. The third-order valence-electron chi connectivity index (χ3n) is 2.50. The Hall–Kier alpha value is -0.710. The molecule has 4 heteroatoms. The maximum absolute atomic E-state index is 9.62. The van der Waals surface area contributed by atoms with E-state index in [9.17, 15) is 5.11 Å². The van der Waals surface area contributed by atoms with Crippen LogP contribution in [0.5, 0.6) is 0 Å². The van der Waals surface area contributed by atoms with E-state index in [0.717, 1.165) is 5.69 Å². The van der Waals surface area contributed by atoms with Crippen molar-refractivity contribution in [1.29, 1.82) is 0 Å². The molecule has 2 rings (SSSR count). The van der Waals surface area contributed by atoms with Crippen LogP contribution in [-0.2, 0) is 4.74 Å². The zero-order valence-corrected chi connectivity index (χ0v) is 9.46. The number of thioether (sulfide) groups is 1. The van der Waals surface area contributed by atoms with Gasteiger partial charge in [0, 0.05) is 10.6 Å². The van der Waals surface area contributed by atoms with Gasteiger partial charge in [-0.3, -0.25) is 0 Å². The summed E-state index contributed by atoms with van der Waals surface area (Å²) in [5.74, 6) is 0. The fourth-order valence-electron chi connectivity index (χ4n) is 1.64. The lowest BCUT2D eigenvalue weighted by Crippen LogP contribution is -2.31. The first-order valence-electron chi connectivity index (χ1n) is 4.96. The van der Waals surface area contributed by atoms with Crippen molar-refractivity contribution >= 4 is 17.4 Å². The number of para-hydroxylation sites is 1. The topological polar surface area (TPSA) is 41.5 Å². The van der Waals surface area contributed by atoms with Crippen molar-refractivity contribution in [2.24, 2.45) is 0 Å². The molecular formula is C11H15NO2S. The van der Waals surface area contributed by atoms with E-state index in [2.05, 4.69) is 11.4 Å². The highest BCUT2D eigenvalue weighted by Gasteiger charge is 2.26. The van der Waals surface area contributed by atoms with Gasteiger partial charge in [-0.25, -0.2) is 0 Å². The third-order valence-corrected chi connectivity index (χ3v) is 3.29. The second kappa shape index (κ2) is 4.88. The van der Waals surface area contributed by atoms with Gasteiger partial charge in [0.25, 0.3) is 0 Å². The minimum absolute atomic E-state index is 0.0123. The van der Waals surface area contributed by atoms with Crippen molar-refractivity contribution in [2.75, 3.05) is 24.8 Å². The van der Waals surface area contributed by atoms with Crippen LogP contribution < -0.4 is 5.32 Å². The molecule has 0 radical (unpaired) electrons. The molecular weight excluding hydrogens is 210 g/mol. The van der Waals surface area contributed by atoms with Crippen molar-refractivity contribution in [2.45, 2.75) is 17.0 Å². The summed E-state index contributed by atoms with van der Waals surface area (Å²) in [5.41, 5.74) is 1.07. The lowest BCUT2D eigenvalue weighted by Gasteiger charge is -2.17. The summed E-state index contributed by atoms with van der Waals surface area (Å²) in [6, 6.07) is 8.10. The van der Waals surface area contributed by atoms with Crippen LogP contribution in [0.25, 0.3) is 0 Å². The molecule has 2 unspecified atom stereocenters. The van der Waals surface area contributed by atoms with Gasteiger partial charge in [-0.1, -0.05) is 12.1 Å². The number of benzene rings is 1. The Morgan fingerprint density at radius 2 is 2.20 bits per heavy atom. The van der Waals surface area contributed by atoms with Crippen molar-refractivity contribution in [1.82, 2.24) is 0 Å². The molecule has 0 bridgehead atoms. The van der Waals surface area contributed by atoms with Crippen LogP contribution in [0.1, 0.15) is 0 Å². The molecule has 1 aromatic carbocycles. The Labute approximate surface area is 93.8 Å². The molecule has 1 aromatic rings. The molecule has 2 N–H and O–H groups in total. The van der Waals surface area contributed by atoms with Crippen molar-refractivity contribution in [3.05, 3.63) is 24.3 Å². The van der Waals surface area contributed by atoms with Crippen LogP contribution in [0.2, 0.25) is 0 Å². The van der Waals surface area contributed by atoms with Crippen LogP contribution in [0.3, 0.4) is 0 Å². The summed E-state index contributed by atoms with van der Waals surface area (Å²) in [4.78, 5) is 1.19. The standard InChI is InChI=1S/C11H15NO2S/c1-15-11-5-3-2-4-8(11)12-9-6-14-7-10(9)13/h2-5,9-10,12-13H,6-7H2,1H3. The Kier molecular flexibility index (Phi) is 3.51. The van der Waals surface area contributed by atoms with Crippen molar-refractivity contribution in [3.63, 3.8) is 0 Å². The molecule has 0 spiro atoms. The SMILES string of the molecule is CSc1ccccc1NC1COCC1O. The van der Waals surface area contributed by atoms with Crippen LogP contribution in [-0.4, -0.2) is 36.7 Å². The highest BCUT2D eigenvalue weighted by molar-refractivity contribution is 7.98. The van der Waals surface area contributed by atoms with Gasteiger partial charge < -0.3 is 15.2 Å². The predicted octanol–water partition coefficient (Wildman–Crippen LogP) is 1.58. The maximum atomic E-state index is 9.62. The molecule has 0 aromatic heterocycles. The second-order valence-corrected chi connectivity index (χ2v) is 4.40. The minimum Gasteiger partial charge on any atom is -0.388 e. The van der Waals surface area contributed by atoms with Gasteiger partial charge >= 0.3 is 0 Å². The van der Waals surface area contributed by atoms with Crippen LogP contribution >= 0.6 is 11.8 Å². The molecule has 1 aliphatic rings. The van der Waals surface area contributed by atoms with E-state index in [1.54, 1.807) is 11.8 Å². The molecule has 1 heterocycles. The Morgan fingerprint density at radius 3 is 2.87 bits per heavy atom. The number of aliphatic hydroxyl groups is 1. The molecule has 15 heavy (non-hydrogen) atoms. The van der Waals surface area contributed by atoms with Gasteiger partial charge in [0.15, 0.2) is 0 Å². The van der Waals surface area contributed by atoms with Crippen LogP contribution in [0.4, 0.5) is 5.69 Å². The molecule has 0 amide bonds. The summed E-state index contributed by atoms with van der Waals surface area (Å²) >= 11 is 1.70. The number of rotatable bonds is 3. The third kappa shape index (κ3) is 2.45. The lowest BCUT2D eigenvalue weighted by molar-refractivity contribution is 0.125. The van der Waals surface area contributed by atoms with E-state index >= 15 is 0 Å². The van der Waals surface area contributed by atoms with E-state index in [-0.39, 0.29) is 6.04 Å². The number of ether oxygens (including phenoxy) is 1. The summed E-state index contributed by atoms with van der Waals surface area (Å²) in [6.45, 7) is 1.00. The quantitative estimate of drug-likeness (QED) is 0.766. The van der Waals surface area contributed by atoms with Gasteiger partial charge in [-0.2, -0.15) is 0 Å². The molecule has 0 aliphatic carbocycles. The van der Waals surface area contributed by atoms with Crippen molar-refractivity contribution in [3.8, 4) is 0 Å². The van der Waals surface area contributed by atoms with Gasteiger partial charge in [0.05, 0.1) is 25.4 Å². The van der Waals surface area contributed by atoms with Gasteiger partial charge in [-0.15, -0.1) is 11.8 Å². The van der Waals surface area contributed by atoms with Crippen LogP contribution in [0.15, 0.2) is 29.2 Å². The molecule has 2 atom stereocenters. The number of anilines is 1. The highest BCUT2D eigenvalue weighted by Crippen LogP contribution is 2.26. The Morgan fingerprint density at radius 1 is 1.40 bits per heavy atom. The normalized spacial score (nSPS) is 25.5. The Bertz CT molecular complexity index is 332. The van der Waals surface area contributed by atoms with E-state index in [4.69, 9.17) is 4.74 Å². The Balaban J connectivity index is 2.09. The second-order valence-electron chi connectivity index (χ2n) is 3.56. The number of aliphatic hydroxyl groups excluding tert-OH is 1. The van der Waals surface area contributed by atoms with Gasteiger partial charge in [-0.05, 0) is 18.4 Å². The largest absolute Gasteiger partial charge is 0.388 e. The van der Waals surface area contributed by atoms with E-state index in [0.29, 0.717) is 13.2 Å². The summed E-state index contributed by atoms with van der Waals surface area (Å²) in [5, 5.41) is 12.9. The molecule has 1 aliphatic heterocycles. The highest BCUT2D eigenvalue weighted by atomic mass is 32.2. The monoisotopic (exact) mass is 225 g/mol. The number of hydrogen-bond donors (Lipinski definition) is 2. The van der Waals surface area contributed by atoms with E-state index in [1.807, 2.05) is 24.5 Å². The first-order chi connectivity index (χ1) is 7.31.